The highest BCUT2D eigenvalue weighted by molar-refractivity contribution is 5.87. The van der Waals surface area contributed by atoms with Crippen LogP contribution in [-0.2, 0) is 9.53 Å². The van der Waals surface area contributed by atoms with Crippen molar-refractivity contribution in [3.8, 4) is 11.5 Å². The number of benzene rings is 1. The summed E-state index contributed by atoms with van der Waals surface area (Å²) in [6.07, 6.45) is 9.97. The first kappa shape index (κ1) is 22.0. The highest BCUT2D eigenvalue weighted by Crippen LogP contribution is 2.28. The number of hydrogen-bond donors (Lipinski definition) is 1. The van der Waals surface area contributed by atoms with Gasteiger partial charge in [-0.1, -0.05) is 32.3 Å². The van der Waals surface area contributed by atoms with Crippen molar-refractivity contribution in [2.24, 2.45) is 0 Å². The minimum absolute atomic E-state index is 0.217. The van der Waals surface area contributed by atoms with E-state index in [-0.39, 0.29) is 12.6 Å². The minimum Gasteiger partial charge on any atom is -0.493 e. The molecule has 0 aliphatic heterocycles. The molecule has 0 bridgehead atoms. The molecule has 0 heterocycles. The molecule has 5 heteroatoms. The predicted octanol–water partition coefficient (Wildman–Crippen LogP) is 4.37. The smallest absolute Gasteiger partial charge is 0.330 e. The van der Waals surface area contributed by atoms with Gasteiger partial charge < -0.3 is 19.3 Å². The molecule has 1 aromatic rings. The molecule has 0 aliphatic rings. The molecule has 0 amide bonds. The molecular formula is C21H32O5. The summed E-state index contributed by atoms with van der Waals surface area (Å²) in [5.41, 5.74) is 0.850. The summed E-state index contributed by atoms with van der Waals surface area (Å²) in [6.45, 7) is 3.45. The largest absolute Gasteiger partial charge is 0.493 e. The lowest BCUT2D eigenvalue weighted by Crippen LogP contribution is -2.02. The zero-order valence-electron chi connectivity index (χ0n) is 16.0. The molecule has 0 atom stereocenters. The number of carbonyl (C=O) groups excluding carboxylic acids is 1. The van der Waals surface area contributed by atoms with Crippen molar-refractivity contribution in [1.82, 2.24) is 0 Å². The van der Waals surface area contributed by atoms with Crippen LogP contribution >= 0.6 is 0 Å². The van der Waals surface area contributed by atoms with E-state index in [9.17, 15) is 4.79 Å². The third-order valence-electron chi connectivity index (χ3n) is 3.90. The summed E-state index contributed by atoms with van der Waals surface area (Å²) in [7, 11) is 1.60. The summed E-state index contributed by atoms with van der Waals surface area (Å²) in [4.78, 5) is 11.7. The Morgan fingerprint density at radius 3 is 2.54 bits per heavy atom. The standard InChI is InChI=1S/C21H32O5/c1-3-4-8-15-25-19-12-10-18(17-20(19)24-2)11-13-21(23)26-16-9-6-5-7-14-22/h10-13,17,22H,3-9,14-16H2,1-2H3/b13-11+. The molecule has 0 saturated carbocycles. The molecule has 0 aliphatic carbocycles. The van der Waals surface area contributed by atoms with Gasteiger partial charge in [-0.25, -0.2) is 4.79 Å². The first-order valence-electron chi connectivity index (χ1n) is 9.47. The second-order valence-electron chi connectivity index (χ2n) is 6.10. The molecule has 26 heavy (non-hydrogen) atoms. The zero-order valence-corrected chi connectivity index (χ0v) is 16.0. The molecule has 0 spiro atoms. The van der Waals surface area contributed by atoms with Crippen molar-refractivity contribution in [1.29, 1.82) is 0 Å². The van der Waals surface area contributed by atoms with Crippen LogP contribution < -0.4 is 9.47 Å². The van der Waals surface area contributed by atoms with Crippen LogP contribution in [0.25, 0.3) is 6.08 Å². The van der Waals surface area contributed by atoms with Crippen LogP contribution in [0.1, 0.15) is 57.4 Å². The Hall–Kier alpha value is -2.01. The van der Waals surface area contributed by atoms with Gasteiger partial charge in [-0.15, -0.1) is 0 Å². The molecular weight excluding hydrogens is 332 g/mol. The normalized spacial score (nSPS) is 10.9. The number of unbranched alkanes of at least 4 members (excludes halogenated alkanes) is 5. The maximum Gasteiger partial charge on any atom is 0.330 e. The fourth-order valence-electron chi connectivity index (χ4n) is 2.39. The Morgan fingerprint density at radius 1 is 1.04 bits per heavy atom. The van der Waals surface area contributed by atoms with Gasteiger partial charge in [0.1, 0.15) is 0 Å². The van der Waals surface area contributed by atoms with Gasteiger partial charge in [0.05, 0.1) is 20.3 Å². The van der Waals surface area contributed by atoms with Crippen molar-refractivity contribution in [3.63, 3.8) is 0 Å². The van der Waals surface area contributed by atoms with Gasteiger partial charge in [-0.2, -0.15) is 0 Å². The van der Waals surface area contributed by atoms with E-state index in [1.807, 2.05) is 18.2 Å². The highest BCUT2D eigenvalue weighted by atomic mass is 16.5. The molecule has 1 aromatic carbocycles. The summed E-state index contributed by atoms with van der Waals surface area (Å²) in [5.74, 6) is 1.01. The van der Waals surface area contributed by atoms with Crippen molar-refractivity contribution in [2.75, 3.05) is 26.9 Å². The van der Waals surface area contributed by atoms with E-state index in [0.717, 1.165) is 50.5 Å². The monoisotopic (exact) mass is 364 g/mol. The fourth-order valence-corrected chi connectivity index (χ4v) is 2.39. The number of aliphatic hydroxyl groups excluding tert-OH is 1. The molecule has 0 saturated heterocycles. The van der Waals surface area contributed by atoms with Crippen molar-refractivity contribution in [3.05, 3.63) is 29.8 Å². The Bertz CT molecular complexity index is 539. The quantitative estimate of drug-likeness (QED) is 0.302. The van der Waals surface area contributed by atoms with E-state index < -0.39 is 0 Å². The first-order valence-corrected chi connectivity index (χ1v) is 9.47. The van der Waals surface area contributed by atoms with E-state index in [4.69, 9.17) is 19.3 Å². The van der Waals surface area contributed by atoms with Crippen LogP contribution in [0.4, 0.5) is 0 Å². The topological polar surface area (TPSA) is 65.0 Å². The second-order valence-corrected chi connectivity index (χ2v) is 6.10. The number of rotatable bonds is 14. The molecule has 146 valence electrons. The number of esters is 1. The average molecular weight is 364 g/mol. The van der Waals surface area contributed by atoms with Crippen molar-refractivity contribution >= 4 is 12.0 Å². The molecule has 5 nitrogen and oxygen atoms in total. The lowest BCUT2D eigenvalue weighted by Gasteiger charge is -2.11. The molecule has 0 aromatic heterocycles. The molecule has 0 radical (unpaired) electrons. The number of ether oxygens (including phenoxy) is 3. The Balaban J connectivity index is 2.43. The van der Waals surface area contributed by atoms with Crippen molar-refractivity contribution < 1.29 is 24.1 Å². The van der Waals surface area contributed by atoms with Gasteiger partial charge in [0.25, 0.3) is 0 Å². The Labute approximate surface area is 157 Å². The lowest BCUT2D eigenvalue weighted by molar-refractivity contribution is -0.137. The van der Waals surface area contributed by atoms with E-state index in [2.05, 4.69) is 6.92 Å². The predicted molar refractivity (Wildman–Crippen MR) is 104 cm³/mol. The third-order valence-corrected chi connectivity index (χ3v) is 3.90. The van der Waals surface area contributed by atoms with Crippen LogP contribution in [0.5, 0.6) is 11.5 Å². The Morgan fingerprint density at radius 2 is 1.81 bits per heavy atom. The van der Waals surface area contributed by atoms with Gasteiger partial charge in [0.15, 0.2) is 11.5 Å². The van der Waals surface area contributed by atoms with E-state index in [1.54, 1.807) is 13.2 Å². The van der Waals surface area contributed by atoms with Crippen molar-refractivity contribution in [2.45, 2.75) is 51.9 Å². The van der Waals surface area contributed by atoms with E-state index in [0.29, 0.717) is 24.7 Å². The van der Waals surface area contributed by atoms with Gasteiger partial charge in [0.2, 0.25) is 0 Å². The van der Waals surface area contributed by atoms with Crippen LogP contribution in [0, 0.1) is 0 Å². The van der Waals surface area contributed by atoms with Crippen LogP contribution in [-0.4, -0.2) is 38.0 Å². The van der Waals surface area contributed by atoms with Gasteiger partial charge >= 0.3 is 5.97 Å². The van der Waals surface area contributed by atoms with Gasteiger partial charge in [-0.3, -0.25) is 0 Å². The first-order chi connectivity index (χ1) is 12.7. The van der Waals surface area contributed by atoms with E-state index >= 15 is 0 Å². The molecule has 0 unspecified atom stereocenters. The lowest BCUT2D eigenvalue weighted by atomic mass is 10.2. The highest BCUT2D eigenvalue weighted by Gasteiger charge is 2.05. The van der Waals surface area contributed by atoms with Crippen LogP contribution in [0.15, 0.2) is 24.3 Å². The average Bonchev–Trinajstić information content (AvgIpc) is 2.66. The maximum absolute atomic E-state index is 11.7. The number of carbonyl (C=O) groups is 1. The number of aliphatic hydroxyl groups is 1. The summed E-state index contributed by atoms with van der Waals surface area (Å²) >= 11 is 0. The van der Waals surface area contributed by atoms with Gasteiger partial charge in [-0.05, 0) is 49.5 Å². The number of hydrogen-bond acceptors (Lipinski definition) is 5. The second kappa shape index (κ2) is 14.2. The van der Waals surface area contributed by atoms with E-state index in [1.165, 1.54) is 6.08 Å². The zero-order chi connectivity index (χ0) is 19.0. The fraction of sp³-hybridized carbons (Fsp3) is 0.571. The third kappa shape index (κ3) is 9.47. The minimum atomic E-state index is -0.356. The summed E-state index contributed by atoms with van der Waals surface area (Å²) in [5, 5.41) is 8.70. The molecule has 1 rings (SSSR count). The molecule has 0 fully saturated rings. The maximum atomic E-state index is 11.7. The summed E-state index contributed by atoms with van der Waals surface area (Å²) in [6, 6.07) is 5.58. The van der Waals surface area contributed by atoms with Crippen LogP contribution in [0.3, 0.4) is 0 Å². The summed E-state index contributed by atoms with van der Waals surface area (Å²) < 4.78 is 16.3. The van der Waals surface area contributed by atoms with Gasteiger partial charge in [0, 0.05) is 12.7 Å². The molecule has 1 N–H and O–H groups in total. The van der Waals surface area contributed by atoms with Crippen LogP contribution in [0.2, 0.25) is 0 Å². The number of methoxy groups -OCH3 is 1. The Kier molecular flexibility index (Phi) is 12.0. The SMILES string of the molecule is CCCCCOc1ccc(/C=C/C(=O)OCCCCCCO)cc1OC.